The normalized spacial score (nSPS) is 38.9. The molecule has 1 saturated carbocycles. The van der Waals surface area contributed by atoms with Gasteiger partial charge in [0, 0.05) is 63.7 Å². The molecule has 0 aromatic carbocycles. The highest BCUT2D eigenvalue weighted by atomic mass is 16.6. The van der Waals surface area contributed by atoms with Crippen LogP contribution in [0.2, 0.25) is 0 Å². The van der Waals surface area contributed by atoms with Crippen LogP contribution >= 0.6 is 0 Å². The Morgan fingerprint density at radius 3 is 2.32 bits per heavy atom. The lowest BCUT2D eigenvalue weighted by Crippen LogP contribution is -2.61. The fraction of sp³-hybridized carbons (Fsp3) is 0.706. The molecule has 4 aliphatic rings. The summed E-state index contributed by atoms with van der Waals surface area (Å²) in [6, 6.07) is -1.12. The number of amides is 1. The summed E-state index contributed by atoms with van der Waals surface area (Å²) in [5.41, 5.74) is 1.40. The Labute approximate surface area is 376 Å². The molecule has 0 spiro atoms. The third-order valence-corrected chi connectivity index (χ3v) is 14.1. The van der Waals surface area contributed by atoms with Gasteiger partial charge in [0.15, 0.2) is 0 Å². The van der Waals surface area contributed by atoms with E-state index in [1.807, 2.05) is 51.2 Å². The van der Waals surface area contributed by atoms with Crippen LogP contribution < -0.4 is 0 Å². The highest BCUT2D eigenvalue weighted by molar-refractivity contribution is 6.39. The summed E-state index contributed by atoms with van der Waals surface area (Å²) in [6.07, 6.45) is 17.6. The largest absolute Gasteiger partial charge is 0.460 e. The van der Waals surface area contributed by atoms with Gasteiger partial charge in [-0.05, 0) is 94.6 Å². The molecule has 1 aliphatic carbocycles. The fourth-order valence-electron chi connectivity index (χ4n) is 9.81. The van der Waals surface area contributed by atoms with E-state index in [0.29, 0.717) is 50.5 Å². The number of hydrogen-bond acceptors (Lipinski definition) is 11. The summed E-state index contributed by atoms with van der Waals surface area (Å²) >= 11 is 0. The van der Waals surface area contributed by atoms with Crippen LogP contribution in [-0.4, -0.2) is 107 Å². The SMILES string of the molecule is C=CC(C[C@@H]1CCC[C@H](OC)C1)[C@@H]1CC(=O)[C@H](C)/C=C(\C)[C@@H](O)CC(=O)[C@H](C)C[C@H](C)/C=C/C=C/C=C(\C)[C@@H](OC)C[C@@H]2CC[C@@H](C)[C@@](O)(O2)C(=O)C(=O)N2CCCC[C@H]2C(=O)O1. The maximum Gasteiger partial charge on any atom is 0.329 e. The van der Waals surface area contributed by atoms with Crippen LogP contribution in [0.25, 0.3) is 0 Å². The van der Waals surface area contributed by atoms with Crippen molar-refractivity contribution in [3.8, 4) is 0 Å². The molecule has 4 rings (SSSR count). The second-order valence-corrected chi connectivity index (χ2v) is 19.1. The summed E-state index contributed by atoms with van der Waals surface area (Å²) in [6.45, 7) is 15.2. The molecule has 3 fully saturated rings. The minimum Gasteiger partial charge on any atom is -0.460 e. The highest BCUT2D eigenvalue weighted by Crippen LogP contribution is 2.38. The Hall–Kier alpha value is -3.55. The van der Waals surface area contributed by atoms with Crippen molar-refractivity contribution in [3.63, 3.8) is 0 Å². The molecule has 1 unspecified atom stereocenters. The van der Waals surface area contributed by atoms with Crippen LogP contribution in [0.15, 0.2) is 60.3 Å². The van der Waals surface area contributed by atoms with Gasteiger partial charge in [0.2, 0.25) is 5.79 Å². The van der Waals surface area contributed by atoms with Gasteiger partial charge in [-0.1, -0.05) is 83.1 Å². The quantitative estimate of drug-likeness (QED) is 0.152. The Morgan fingerprint density at radius 1 is 0.873 bits per heavy atom. The standard InChI is InChI=1S/C51H77NO11/c1-10-39(27-38-19-16-20-40(28-38)60-8)47-31-45(55)36(6)26-35(5)44(54)30-43(53)34(4)25-32(2)17-12-11-13-18-33(3)46(61-9)29-41-23-22-37(7)51(59,63-41)48(56)49(57)52-24-15-14-21-42(52)50(58)62-47/h10-13,17-18,26,32,34,36-42,44,46-47,54,59H,1,14-16,19-25,27-31H2,2-9H3/b13-11+,17-12+,33-18+,35-26+/t32-,34-,36-,37-,38+,39?,40+,41+,42+,44+,46+,47+,51-/m1/s1. The van der Waals surface area contributed by atoms with Crippen molar-refractivity contribution in [1.82, 2.24) is 4.90 Å². The number of carbonyl (C=O) groups excluding carboxylic acids is 5. The summed E-state index contributed by atoms with van der Waals surface area (Å²) in [5.74, 6) is -7.29. The summed E-state index contributed by atoms with van der Waals surface area (Å²) in [5, 5.41) is 23.0. The third kappa shape index (κ3) is 14.5. The average molecular weight is 880 g/mol. The second kappa shape index (κ2) is 24.7. The minimum absolute atomic E-state index is 0.0656. The molecule has 3 aliphatic heterocycles. The van der Waals surface area contributed by atoms with Gasteiger partial charge in [-0.25, -0.2) is 4.79 Å². The number of ether oxygens (including phenoxy) is 4. The summed E-state index contributed by atoms with van der Waals surface area (Å²) < 4.78 is 24.0. The number of cyclic esters (lactones) is 1. The van der Waals surface area contributed by atoms with E-state index in [-0.39, 0.29) is 61.2 Å². The van der Waals surface area contributed by atoms with Gasteiger partial charge < -0.3 is 34.1 Å². The van der Waals surface area contributed by atoms with E-state index in [9.17, 15) is 34.2 Å². The van der Waals surface area contributed by atoms with Crippen LogP contribution in [0.4, 0.5) is 0 Å². The van der Waals surface area contributed by atoms with Crippen molar-refractivity contribution in [2.75, 3.05) is 20.8 Å². The second-order valence-electron chi connectivity index (χ2n) is 19.1. The molecule has 0 radical (unpaired) electrons. The van der Waals surface area contributed by atoms with E-state index in [2.05, 4.69) is 6.58 Å². The smallest absolute Gasteiger partial charge is 0.329 e. The number of ketones is 3. The summed E-state index contributed by atoms with van der Waals surface area (Å²) in [4.78, 5) is 71.3. The molecule has 2 saturated heterocycles. The van der Waals surface area contributed by atoms with E-state index >= 15 is 0 Å². The first-order valence-corrected chi connectivity index (χ1v) is 23.5. The van der Waals surface area contributed by atoms with E-state index in [0.717, 1.165) is 31.3 Å². The first-order chi connectivity index (χ1) is 29.9. The van der Waals surface area contributed by atoms with Gasteiger partial charge in [0.05, 0.1) is 24.4 Å². The predicted octanol–water partition coefficient (Wildman–Crippen LogP) is 7.75. The lowest BCUT2D eigenvalue weighted by atomic mass is 9.78. The van der Waals surface area contributed by atoms with Crippen molar-refractivity contribution in [1.29, 1.82) is 0 Å². The predicted molar refractivity (Wildman–Crippen MR) is 242 cm³/mol. The van der Waals surface area contributed by atoms with Crippen molar-refractivity contribution in [2.45, 2.75) is 174 Å². The van der Waals surface area contributed by atoms with E-state index in [1.165, 1.54) is 4.90 Å². The zero-order chi connectivity index (χ0) is 46.4. The van der Waals surface area contributed by atoms with E-state index in [4.69, 9.17) is 18.9 Å². The molecule has 63 heavy (non-hydrogen) atoms. The lowest BCUT2D eigenvalue weighted by molar-refractivity contribution is -0.265. The van der Waals surface area contributed by atoms with Crippen molar-refractivity contribution in [3.05, 3.63) is 60.3 Å². The Morgan fingerprint density at radius 2 is 1.62 bits per heavy atom. The highest BCUT2D eigenvalue weighted by Gasteiger charge is 2.53. The molecule has 2 N–H and O–H groups in total. The first kappa shape index (κ1) is 52.1. The van der Waals surface area contributed by atoms with Gasteiger partial charge in [0.1, 0.15) is 23.7 Å². The van der Waals surface area contributed by atoms with Crippen molar-refractivity contribution >= 4 is 29.2 Å². The Kier molecular flexibility index (Phi) is 20.4. The van der Waals surface area contributed by atoms with Crippen molar-refractivity contribution < 1.29 is 53.1 Å². The number of carbonyl (C=O) groups is 5. The molecule has 3 heterocycles. The topological polar surface area (TPSA) is 166 Å². The molecule has 1 amide bonds. The van der Waals surface area contributed by atoms with Crippen LogP contribution in [0, 0.1) is 35.5 Å². The third-order valence-electron chi connectivity index (χ3n) is 14.1. The molecule has 2 bridgehead atoms. The van der Waals surface area contributed by atoms with Crippen LogP contribution in [0.3, 0.4) is 0 Å². The molecule has 0 aromatic heterocycles. The number of allylic oxidation sites excluding steroid dienone is 6. The number of fused-ring (bicyclic) bond motifs is 3. The average Bonchev–Trinajstić information content (AvgIpc) is 3.27. The maximum absolute atomic E-state index is 14.4. The molecular weight excluding hydrogens is 803 g/mol. The van der Waals surface area contributed by atoms with E-state index < -0.39 is 71.7 Å². The molecular formula is C51H77NO11. The summed E-state index contributed by atoms with van der Waals surface area (Å²) in [7, 11) is 3.30. The monoisotopic (exact) mass is 880 g/mol. The number of aliphatic hydroxyl groups is 2. The number of aliphatic hydroxyl groups excluding tert-OH is 1. The molecule has 0 aromatic rings. The van der Waals surface area contributed by atoms with Gasteiger partial charge in [0.25, 0.3) is 11.7 Å². The zero-order valence-electron chi connectivity index (χ0n) is 39.3. The Bertz CT molecular complexity index is 1720. The van der Waals surface area contributed by atoms with E-state index in [1.54, 1.807) is 47.1 Å². The minimum atomic E-state index is -2.41. The number of rotatable bonds is 6. The van der Waals surface area contributed by atoms with Crippen LogP contribution in [0.1, 0.15) is 131 Å². The first-order valence-electron chi connectivity index (χ1n) is 23.5. The van der Waals surface area contributed by atoms with Gasteiger partial charge in [-0.15, -0.1) is 6.58 Å². The number of piperidine rings is 1. The van der Waals surface area contributed by atoms with Gasteiger partial charge >= 0.3 is 5.97 Å². The number of hydrogen-bond donors (Lipinski definition) is 2. The maximum atomic E-state index is 14.4. The number of Topliss-reactive ketones (excluding diaryl/α,β-unsaturated/α-hetero) is 3. The number of esters is 1. The fourth-order valence-corrected chi connectivity index (χ4v) is 9.81. The van der Waals surface area contributed by atoms with Gasteiger partial charge in [-0.3, -0.25) is 19.2 Å². The van der Waals surface area contributed by atoms with Crippen LogP contribution in [-0.2, 0) is 42.9 Å². The molecule has 12 heteroatoms. The van der Waals surface area contributed by atoms with Crippen molar-refractivity contribution in [2.24, 2.45) is 35.5 Å². The lowest BCUT2D eigenvalue weighted by Gasteiger charge is -2.42. The number of nitrogens with zero attached hydrogens (tertiary/aromatic N) is 1. The molecule has 13 atom stereocenters. The number of methoxy groups -OCH3 is 2. The molecule has 352 valence electrons. The molecule has 12 nitrogen and oxygen atoms in total. The zero-order valence-corrected chi connectivity index (χ0v) is 39.3. The van der Waals surface area contributed by atoms with Crippen LogP contribution in [0.5, 0.6) is 0 Å². The van der Waals surface area contributed by atoms with Gasteiger partial charge in [-0.2, -0.15) is 0 Å². The Balaban J connectivity index is 1.69.